The first-order valence-corrected chi connectivity index (χ1v) is 10.2. The van der Waals surface area contributed by atoms with Crippen molar-refractivity contribution in [1.29, 1.82) is 0 Å². The molecule has 0 saturated carbocycles. The molecule has 0 bridgehead atoms. The molecule has 1 atom stereocenters. The molecule has 0 radical (unpaired) electrons. The molecule has 3 N–H and O–H groups in total. The summed E-state index contributed by atoms with van der Waals surface area (Å²) in [4.78, 5) is 21.2. The van der Waals surface area contributed by atoms with Gasteiger partial charge in [-0.15, -0.1) is 35.1 Å². The van der Waals surface area contributed by atoms with E-state index in [1.54, 1.807) is 22.7 Å². The molecule has 138 valence electrons. The maximum absolute atomic E-state index is 11.7. The molecule has 25 heavy (non-hydrogen) atoms. The third-order valence-electron chi connectivity index (χ3n) is 4.30. The van der Waals surface area contributed by atoms with Crippen LogP contribution in [-0.2, 0) is 11.3 Å². The minimum absolute atomic E-state index is 0. The summed E-state index contributed by atoms with van der Waals surface area (Å²) < 4.78 is 0. The maximum Gasteiger partial charge on any atom is 0.221 e. The van der Waals surface area contributed by atoms with Gasteiger partial charge in [0.25, 0.3) is 0 Å². The lowest BCUT2D eigenvalue weighted by Gasteiger charge is -2.35. The van der Waals surface area contributed by atoms with Crippen molar-refractivity contribution in [2.75, 3.05) is 19.6 Å². The fourth-order valence-electron chi connectivity index (χ4n) is 3.05. The Balaban J connectivity index is 0.00000225. The van der Waals surface area contributed by atoms with E-state index in [4.69, 9.17) is 5.73 Å². The van der Waals surface area contributed by atoms with Crippen molar-refractivity contribution >= 4 is 41.0 Å². The topological polar surface area (TPSA) is 71.2 Å². The van der Waals surface area contributed by atoms with Gasteiger partial charge in [0.05, 0.1) is 4.88 Å². The Morgan fingerprint density at radius 2 is 2.32 bits per heavy atom. The summed E-state index contributed by atoms with van der Waals surface area (Å²) in [6.45, 7) is 3.13. The predicted octanol–water partition coefficient (Wildman–Crippen LogP) is 3.11. The third kappa shape index (κ3) is 5.76. The highest BCUT2D eigenvalue weighted by Gasteiger charge is 2.23. The second-order valence-corrected chi connectivity index (χ2v) is 8.13. The van der Waals surface area contributed by atoms with Crippen LogP contribution in [0.4, 0.5) is 0 Å². The monoisotopic (exact) mass is 400 g/mol. The number of thiazole rings is 1. The minimum atomic E-state index is 0. The zero-order valence-electron chi connectivity index (χ0n) is 14.1. The number of carbonyl (C=O) groups excluding carboxylic acids is 1. The first-order valence-electron chi connectivity index (χ1n) is 8.45. The molecule has 1 aliphatic heterocycles. The highest BCUT2D eigenvalue weighted by molar-refractivity contribution is 7.20. The average Bonchev–Trinajstić information content (AvgIpc) is 3.25. The van der Waals surface area contributed by atoms with Gasteiger partial charge in [0.2, 0.25) is 5.91 Å². The van der Waals surface area contributed by atoms with Crippen LogP contribution in [0.1, 0.15) is 30.6 Å². The van der Waals surface area contributed by atoms with Crippen LogP contribution < -0.4 is 11.1 Å². The molecule has 8 heteroatoms. The molecule has 2 aromatic rings. The summed E-state index contributed by atoms with van der Waals surface area (Å²) in [6.07, 6.45) is 6.00. The number of nitrogens with two attached hydrogens (primary N) is 1. The Morgan fingerprint density at radius 1 is 1.44 bits per heavy atom. The number of piperidine rings is 1. The van der Waals surface area contributed by atoms with Crippen LogP contribution in [0.15, 0.2) is 23.7 Å². The lowest BCUT2D eigenvalue weighted by Crippen LogP contribution is -2.46. The van der Waals surface area contributed by atoms with Crippen molar-refractivity contribution in [3.05, 3.63) is 28.6 Å². The fourth-order valence-corrected chi connectivity index (χ4v) is 4.79. The number of halogens is 1. The summed E-state index contributed by atoms with van der Waals surface area (Å²) in [7, 11) is 0. The summed E-state index contributed by atoms with van der Waals surface area (Å²) in [5.74, 6) is 0.0563. The van der Waals surface area contributed by atoms with Gasteiger partial charge in [0, 0.05) is 43.2 Å². The molecule has 1 saturated heterocycles. The molecule has 3 rings (SSSR count). The molecule has 2 aromatic heterocycles. The highest BCUT2D eigenvalue weighted by Crippen LogP contribution is 2.30. The normalized spacial score (nSPS) is 17.9. The second kappa shape index (κ2) is 10.2. The molecular weight excluding hydrogens is 376 g/mol. The number of aromatic nitrogens is 1. The Labute approximate surface area is 163 Å². The lowest BCUT2D eigenvalue weighted by molar-refractivity contribution is -0.121. The summed E-state index contributed by atoms with van der Waals surface area (Å²) in [6, 6.07) is 4.59. The van der Waals surface area contributed by atoms with Crippen LogP contribution in [0.3, 0.4) is 0 Å². The molecule has 3 heterocycles. The van der Waals surface area contributed by atoms with E-state index in [1.165, 1.54) is 22.6 Å². The molecule has 1 unspecified atom stereocenters. The predicted molar refractivity (Wildman–Crippen MR) is 107 cm³/mol. The van der Waals surface area contributed by atoms with Crippen molar-refractivity contribution < 1.29 is 4.79 Å². The Bertz CT molecular complexity index is 647. The van der Waals surface area contributed by atoms with E-state index >= 15 is 0 Å². The van der Waals surface area contributed by atoms with Crippen molar-refractivity contribution in [2.24, 2.45) is 5.73 Å². The molecule has 5 nitrogen and oxygen atoms in total. The Kier molecular flexibility index (Phi) is 8.32. The summed E-state index contributed by atoms with van der Waals surface area (Å²) in [5.41, 5.74) is 5.43. The van der Waals surface area contributed by atoms with Crippen LogP contribution in [0, 0.1) is 0 Å². The van der Waals surface area contributed by atoms with Gasteiger partial charge in [-0.25, -0.2) is 4.98 Å². The largest absolute Gasteiger partial charge is 0.354 e. The third-order valence-corrected chi connectivity index (χ3v) is 6.32. The molecule has 1 amide bonds. The van der Waals surface area contributed by atoms with Gasteiger partial charge in [-0.2, -0.15) is 0 Å². The van der Waals surface area contributed by atoms with Crippen molar-refractivity contribution in [2.45, 2.75) is 38.3 Å². The standard InChI is InChI=1S/C17H24N4OS2.ClH/c18-7-6-16(22)19-10-13-4-1-2-8-21(13)12-14-11-20-17(24-14)15-5-3-9-23-15;/h3,5,9,11,13H,1-2,4,6-8,10,12,18H2,(H,19,22);1H. The number of nitrogens with one attached hydrogen (secondary N) is 1. The van der Waals surface area contributed by atoms with Crippen LogP contribution in [0.5, 0.6) is 0 Å². The van der Waals surface area contributed by atoms with Crippen LogP contribution in [0.25, 0.3) is 9.88 Å². The van der Waals surface area contributed by atoms with Gasteiger partial charge in [0.15, 0.2) is 0 Å². The van der Waals surface area contributed by atoms with Gasteiger partial charge in [-0.05, 0) is 30.8 Å². The van der Waals surface area contributed by atoms with Gasteiger partial charge >= 0.3 is 0 Å². The Morgan fingerprint density at radius 3 is 3.08 bits per heavy atom. The SMILES string of the molecule is Cl.NCCC(=O)NCC1CCCCN1Cc1cnc(-c2cccs2)s1. The minimum Gasteiger partial charge on any atom is -0.354 e. The van der Waals surface area contributed by atoms with E-state index < -0.39 is 0 Å². The number of nitrogens with zero attached hydrogens (tertiary/aromatic N) is 2. The van der Waals surface area contributed by atoms with Crippen LogP contribution in [-0.4, -0.2) is 41.5 Å². The molecular formula is C17H25ClN4OS2. The summed E-state index contributed by atoms with van der Waals surface area (Å²) in [5, 5.41) is 6.21. The van der Waals surface area contributed by atoms with Gasteiger partial charge < -0.3 is 11.1 Å². The number of carbonyl (C=O) groups is 1. The van der Waals surface area contributed by atoms with E-state index in [9.17, 15) is 4.79 Å². The number of hydrogen-bond acceptors (Lipinski definition) is 6. The van der Waals surface area contributed by atoms with Crippen LogP contribution in [0.2, 0.25) is 0 Å². The number of hydrogen-bond donors (Lipinski definition) is 2. The molecule has 1 aliphatic rings. The quantitative estimate of drug-likeness (QED) is 0.749. The maximum atomic E-state index is 11.7. The van der Waals surface area contributed by atoms with E-state index in [2.05, 4.69) is 32.7 Å². The van der Waals surface area contributed by atoms with Crippen molar-refractivity contribution in [3.63, 3.8) is 0 Å². The van der Waals surface area contributed by atoms with Gasteiger partial charge in [-0.1, -0.05) is 12.5 Å². The summed E-state index contributed by atoms with van der Waals surface area (Å²) >= 11 is 3.50. The van der Waals surface area contributed by atoms with Crippen molar-refractivity contribution in [1.82, 2.24) is 15.2 Å². The van der Waals surface area contributed by atoms with E-state index in [0.29, 0.717) is 19.0 Å². The first kappa shape index (κ1) is 20.3. The zero-order chi connectivity index (χ0) is 16.8. The zero-order valence-corrected chi connectivity index (χ0v) is 16.6. The second-order valence-electron chi connectivity index (χ2n) is 6.07. The molecule has 1 fully saturated rings. The van der Waals surface area contributed by atoms with Crippen LogP contribution >= 0.6 is 35.1 Å². The van der Waals surface area contributed by atoms with E-state index in [0.717, 1.165) is 31.1 Å². The van der Waals surface area contributed by atoms with Gasteiger partial charge in [-0.3, -0.25) is 9.69 Å². The fraction of sp³-hybridized carbons (Fsp3) is 0.529. The number of amides is 1. The molecule has 0 spiro atoms. The number of likely N-dealkylation sites (tertiary alicyclic amines) is 1. The number of rotatable bonds is 7. The highest BCUT2D eigenvalue weighted by atomic mass is 35.5. The van der Waals surface area contributed by atoms with Gasteiger partial charge in [0.1, 0.15) is 5.01 Å². The average molecular weight is 401 g/mol. The Hall–Kier alpha value is -0.990. The smallest absolute Gasteiger partial charge is 0.221 e. The molecule has 0 aromatic carbocycles. The van der Waals surface area contributed by atoms with E-state index in [1.807, 2.05) is 6.20 Å². The number of thiophene rings is 1. The van der Waals surface area contributed by atoms with E-state index in [-0.39, 0.29) is 18.3 Å². The molecule has 0 aliphatic carbocycles. The van der Waals surface area contributed by atoms with Crippen molar-refractivity contribution in [3.8, 4) is 9.88 Å². The lowest BCUT2D eigenvalue weighted by atomic mass is 10.0. The first-order chi connectivity index (χ1) is 11.8.